The third-order valence-corrected chi connectivity index (χ3v) is 4.64. The summed E-state index contributed by atoms with van der Waals surface area (Å²) in [7, 11) is 4.23. The Labute approximate surface area is 123 Å². The van der Waals surface area contributed by atoms with Crippen LogP contribution in [-0.4, -0.2) is 49.1 Å². The molecule has 20 heavy (non-hydrogen) atoms. The largest absolute Gasteiger partial charge is 0.382 e. The first-order chi connectivity index (χ1) is 9.70. The van der Waals surface area contributed by atoms with Crippen LogP contribution < -0.4 is 5.32 Å². The van der Waals surface area contributed by atoms with Gasteiger partial charge in [-0.25, -0.2) is 0 Å². The third-order valence-electron chi connectivity index (χ3n) is 4.64. The van der Waals surface area contributed by atoms with Gasteiger partial charge in [0.1, 0.15) is 0 Å². The number of hydrogen-bond donors (Lipinski definition) is 1. The Bertz CT molecular complexity index is 426. The highest BCUT2D eigenvalue weighted by Gasteiger charge is 2.31. The maximum atomic E-state index is 3.73. The van der Waals surface area contributed by atoms with E-state index in [2.05, 4.69) is 53.5 Å². The molecule has 2 heterocycles. The quantitative estimate of drug-likeness (QED) is 0.910. The minimum Gasteiger partial charge on any atom is -0.382 e. The fourth-order valence-electron chi connectivity index (χ4n) is 3.66. The molecule has 3 rings (SSSR count). The highest BCUT2D eigenvalue weighted by molar-refractivity contribution is 5.45. The molecule has 0 radical (unpaired) electrons. The van der Waals surface area contributed by atoms with Crippen molar-refractivity contribution in [1.29, 1.82) is 0 Å². The molecular weight excluding hydrogens is 246 g/mol. The van der Waals surface area contributed by atoms with Gasteiger partial charge in [-0.05, 0) is 64.0 Å². The first-order valence-electron chi connectivity index (χ1n) is 7.95. The Morgan fingerprint density at radius 3 is 2.70 bits per heavy atom. The second-order valence-corrected chi connectivity index (χ2v) is 6.63. The summed E-state index contributed by atoms with van der Waals surface area (Å²) in [5.74, 6) is 0. The van der Waals surface area contributed by atoms with Crippen molar-refractivity contribution in [3.05, 3.63) is 29.8 Å². The number of anilines is 1. The van der Waals surface area contributed by atoms with Gasteiger partial charge in [0.25, 0.3) is 0 Å². The summed E-state index contributed by atoms with van der Waals surface area (Å²) in [4.78, 5) is 4.89. The van der Waals surface area contributed by atoms with E-state index >= 15 is 0 Å². The molecule has 0 spiro atoms. The summed E-state index contributed by atoms with van der Waals surface area (Å²) >= 11 is 0. The van der Waals surface area contributed by atoms with E-state index in [0.717, 1.165) is 12.6 Å². The molecule has 0 aliphatic carbocycles. The fourth-order valence-corrected chi connectivity index (χ4v) is 3.66. The van der Waals surface area contributed by atoms with Crippen molar-refractivity contribution in [2.45, 2.75) is 44.3 Å². The second kappa shape index (κ2) is 6.15. The number of piperidine rings is 1. The number of fused-ring (bicyclic) bond motifs is 1. The van der Waals surface area contributed by atoms with Gasteiger partial charge >= 0.3 is 0 Å². The second-order valence-electron chi connectivity index (χ2n) is 6.63. The molecule has 2 saturated heterocycles. The Morgan fingerprint density at radius 2 is 1.95 bits per heavy atom. The molecule has 3 heteroatoms. The summed E-state index contributed by atoms with van der Waals surface area (Å²) in [6.45, 7) is 3.62. The van der Waals surface area contributed by atoms with E-state index in [4.69, 9.17) is 0 Å². The molecule has 0 aromatic heterocycles. The third kappa shape index (κ3) is 3.33. The summed E-state index contributed by atoms with van der Waals surface area (Å²) in [6.07, 6.45) is 5.41. The molecule has 0 bridgehead atoms. The number of rotatable bonds is 4. The molecule has 0 saturated carbocycles. The van der Waals surface area contributed by atoms with Crippen LogP contribution in [0.4, 0.5) is 5.69 Å². The van der Waals surface area contributed by atoms with Crippen LogP contribution in [-0.2, 0) is 6.54 Å². The first-order valence-corrected chi connectivity index (χ1v) is 7.95. The SMILES string of the molecule is CN(C)Cc1ccc(NC2CCN3CCCC3C2)cc1. The molecule has 1 aromatic rings. The van der Waals surface area contributed by atoms with Crippen LogP contribution in [0.15, 0.2) is 24.3 Å². The van der Waals surface area contributed by atoms with Gasteiger partial charge in [0.15, 0.2) is 0 Å². The van der Waals surface area contributed by atoms with Crippen LogP contribution in [0.3, 0.4) is 0 Å². The lowest BCUT2D eigenvalue weighted by Gasteiger charge is -2.35. The summed E-state index contributed by atoms with van der Waals surface area (Å²) in [5.41, 5.74) is 2.66. The molecular formula is C17H27N3. The van der Waals surface area contributed by atoms with Gasteiger partial charge < -0.3 is 15.1 Å². The molecule has 2 aliphatic rings. The van der Waals surface area contributed by atoms with E-state index in [9.17, 15) is 0 Å². The van der Waals surface area contributed by atoms with Gasteiger partial charge in [-0.2, -0.15) is 0 Å². The van der Waals surface area contributed by atoms with Crippen molar-refractivity contribution in [3.8, 4) is 0 Å². The zero-order valence-electron chi connectivity index (χ0n) is 12.8. The summed E-state index contributed by atoms with van der Waals surface area (Å²) in [5, 5.41) is 3.73. The monoisotopic (exact) mass is 273 g/mol. The molecule has 2 atom stereocenters. The molecule has 110 valence electrons. The molecule has 1 N–H and O–H groups in total. The lowest BCUT2D eigenvalue weighted by atomic mass is 9.97. The average molecular weight is 273 g/mol. The van der Waals surface area contributed by atoms with Crippen LogP contribution in [0.1, 0.15) is 31.2 Å². The van der Waals surface area contributed by atoms with Gasteiger partial charge in [0.05, 0.1) is 0 Å². The predicted molar refractivity (Wildman–Crippen MR) is 85.1 cm³/mol. The van der Waals surface area contributed by atoms with E-state index in [1.165, 1.54) is 50.0 Å². The summed E-state index contributed by atoms with van der Waals surface area (Å²) in [6, 6.07) is 10.5. The number of hydrogen-bond acceptors (Lipinski definition) is 3. The van der Waals surface area contributed by atoms with Crippen LogP contribution >= 0.6 is 0 Å². The average Bonchev–Trinajstić information content (AvgIpc) is 2.88. The van der Waals surface area contributed by atoms with Gasteiger partial charge in [-0.1, -0.05) is 12.1 Å². The van der Waals surface area contributed by atoms with Crippen molar-refractivity contribution in [1.82, 2.24) is 9.80 Å². The van der Waals surface area contributed by atoms with Crippen LogP contribution in [0, 0.1) is 0 Å². The Morgan fingerprint density at radius 1 is 1.15 bits per heavy atom. The van der Waals surface area contributed by atoms with Crippen molar-refractivity contribution < 1.29 is 0 Å². The number of benzene rings is 1. The lowest BCUT2D eigenvalue weighted by molar-refractivity contribution is 0.188. The van der Waals surface area contributed by atoms with Crippen LogP contribution in [0.5, 0.6) is 0 Å². The van der Waals surface area contributed by atoms with E-state index in [1.807, 2.05) is 0 Å². The Balaban J connectivity index is 1.55. The highest BCUT2D eigenvalue weighted by atomic mass is 15.2. The van der Waals surface area contributed by atoms with E-state index in [0.29, 0.717) is 6.04 Å². The van der Waals surface area contributed by atoms with Crippen LogP contribution in [0.2, 0.25) is 0 Å². The van der Waals surface area contributed by atoms with Crippen molar-refractivity contribution in [2.24, 2.45) is 0 Å². The maximum Gasteiger partial charge on any atom is 0.0342 e. The molecule has 0 amide bonds. The maximum absolute atomic E-state index is 3.73. The van der Waals surface area contributed by atoms with Crippen molar-refractivity contribution in [2.75, 3.05) is 32.5 Å². The van der Waals surface area contributed by atoms with Gasteiger partial charge in [-0.3, -0.25) is 0 Å². The number of nitrogens with zero attached hydrogens (tertiary/aromatic N) is 2. The lowest BCUT2D eigenvalue weighted by Crippen LogP contribution is -2.42. The van der Waals surface area contributed by atoms with Crippen LogP contribution in [0.25, 0.3) is 0 Å². The Kier molecular flexibility index (Phi) is 4.27. The summed E-state index contributed by atoms with van der Waals surface area (Å²) < 4.78 is 0. The molecule has 2 aliphatic heterocycles. The van der Waals surface area contributed by atoms with Gasteiger partial charge in [-0.15, -0.1) is 0 Å². The normalized spacial score (nSPS) is 26.8. The molecule has 3 nitrogen and oxygen atoms in total. The minimum atomic E-state index is 0.661. The topological polar surface area (TPSA) is 18.5 Å². The van der Waals surface area contributed by atoms with Crippen molar-refractivity contribution in [3.63, 3.8) is 0 Å². The molecule has 2 fully saturated rings. The van der Waals surface area contributed by atoms with Gasteiger partial charge in [0.2, 0.25) is 0 Å². The van der Waals surface area contributed by atoms with E-state index in [-0.39, 0.29) is 0 Å². The minimum absolute atomic E-state index is 0.661. The Hall–Kier alpha value is -1.06. The van der Waals surface area contributed by atoms with Crippen molar-refractivity contribution >= 4 is 5.69 Å². The van der Waals surface area contributed by atoms with Gasteiger partial charge in [0, 0.05) is 30.9 Å². The predicted octanol–water partition coefficient (Wildman–Crippen LogP) is 2.79. The zero-order chi connectivity index (χ0) is 13.9. The highest BCUT2D eigenvalue weighted by Crippen LogP contribution is 2.28. The standard InChI is InChI=1S/C17H27N3/c1-19(2)13-14-5-7-15(8-6-14)18-16-9-11-20-10-3-4-17(20)12-16/h5-8,16-18H,3-4,9-13H2,1-2H3. The molecule has 2 unspecified atom stereocenters. The number of nitrogens with one attached hydrogen (secondary N) is 1. The smallest absolute Gasteiger partial charge is 0.0342 e. The zero-order valence-corrected chi connectivity index (χ0v) is 12.8. The van der Waals surface area contributed by atoms with E-state index in [1.54, 1.807) is 0 Å². The van der Waals surface area contributed by atoms with E-state index < -0.39 is 0 Å². The first kappa shape index (κ1) is 13.9. The molecule has 1 aromatic carbocycles. The fraction of sp³-hybridized carbons (Fsp3) is 0.647.